The summed E-state index contributed by atoms with van der Waals surface area (Å²) in [6.45, 7) is 3.33. The van der Waals surface area contributed by atoms with Crippen molar-refractivity contribution in [2.24, 2.45) is 0 Å². The Morgan fingerprint density at radius 1 is 1.15 bits per heavy atom. The van der Waals surface area contributed by atoms with Crippen molar-refractivity contribution in [1.82, 2.24) is 9.55 Å². The van der Waals surface area contributed by atoms with Gasteiger partial charge in [-0.15, -0.1) is 0 Å². The van der Waals surface area contributed by atoms with Gasteiger partial charge in [-0.2, -0.15) is 0 Å². The van der Waals surface area contributed by atoms with Gasteiger partial charge in [0.15, 0.2) is 0 Å². The van der Waals surface area contributed by atoms with Crippen LogP contribution in [-0.2, 0) is 11.3 Å². The van der Waals surface area contributed by atoms with E-state index in [4.69, 9.17) is 11.6 Å². The summed E-state index contributed by atoms with van der Waals surface area (Å²) in [5.74, 6) is -0.519. The Labute approximate surface area is 160 Å². The van der Waals surface area contributed by atoms with Gasteiger partial charge in [0.2, 0.25) is 5.91 Å². The zero-order valence-corrected chi connectivity index (χ0v) is 15.5. The lowest BCUT2D eigenvalue weighted by Crippen LogP contribution is -2.29. The minimum Gasteiger partial charge on any atom is -0.323 e. The molecule has 0 saturated carbocycles. The van der Waals surface area contributed by atoms with Crippen LogP contribution in [0.1, 0.15) is 11.3 Å². The van der Waals surface area contributed by atoms with Crippen molar-refractivity contribution < 1.29 is 9.18 Å². The molecule has 1 aromatic heterocycles. The van der Waals surface area contributed by atoms with Crippen molar-refractivity contribution in [2.45, 2.75) is 20.4 Å². The van der Waals surface area contributed by atoms with E-state index in [1.807, 2.05) is 13.0 Å². The molecule has 1 N–H and O–H groups in total. The highest BCUT2D eigenvalue weighted by atomic mass is 35.5. The minimum absolute atomic E-state index is 0.247. The molecule has 0 bridgehead atoms. The second kappa shape index (κ2) is 7.72. The second-order valence-corrected chi connectivity index (χ2v) is 6.59. The van der Waals surface area contributed by atoms with Crippen LogP contribution in [-0.4, -0.2) is 15.5 Å². The number of aryl methyl sites for hydroxylation is 2. The lowest BCUT2D eigenvalue weighted by molar-refractivity contribution is -0.116. The fraction of sp³-hybridized carbons (Fsp3) is 0.150. The van der Waals surface area contributed by atoms with Crippen LogP contribution in [0.3, 0.4) is 0 Å². The molecule has 0 unspecified atom stereocenters. The minimum atomic E-state index is -0.420. The Morgan fingerprint density at radius 3 is 2.52 bits per heavy atom. The molecule has 2 aromatic carbocycles. The number of rotatable bonds is 4. The molecule has 27 heavy (non-hydrogen) atoms. The van der Waals surface area contributed by atoms with Crippen LogP contribution >= 0.6 is 11.6 Å². The molecule has 3 aromatic rings. The van der Waals surface area contributed by atoms with Gasteiger partial charge in [0.25, 0.3) is 5.56 Å². The number of hydrogen-bond acceptors (Lipinski definition) is 3. The maximum absolute atomic E-state index is 13.2. The number of nitrogens with zero attached hydrogens (tertiary/aromatic N) is 2. The van der Waals surface area contributed by atoms with Crippen LogP contribution in [0, 0.1) is 19.7 Å². The van der Waals surface area contributed by atoms with Crippen LogP contribution in [0.5, 0.6) is 0 Å². The number of carbonyl (C=O) groups excluding carboxylic acids is 1. The average Bonchev–Trinajstić information content (AvgIpc) is 2.60. The maximum atomic E-state index is 13.2. The van der Waals surface area contributed by atoms with Gasteiger partial charge >= 0.3 is 0 Å². The van der Waals surface area contributed by atoms with Gasteiger partial charge in [0.05, 0.1) is 10.7 Å². The summed E-state index contributed by atoms with van der Waals surface area (Å²) >= 11 is 6.14. The summed E-state index contributed by atoms with van der Waals surface area (Å²) in [5, 5.41) is 3.11. The highest BCUT2D eigenvalue weighted by molar-refractivity contribution is 6.33. The number of nitrogens with one attached hydrogen (secondary N) is 1. The highest BCUT2D eigenvalue weighted by Gasteiger charge is 2.14. The monoisotopic (exact) mass is 385 g/mol. The lowest BCUT2D eigenvalue weighted by Gasteiger charge is -2.13. The molecule has 1 amide bonds. The topological polar surface area (TPSA) is 64.0 Å². The molecule has 0 saturated heterocycles. The molecular formula is C20H17ClFN3O2. The van der Waals surface area contributed by atoms with Crippen LogP contribution in [0.25, 0.3) is 11.4 Å². The number of hydrogen-bond donors (Lipinski definition) is 1. The average molecular weight is 386 g/mol. The molecule has 0 fully saturated rings. The molecule has 0 aliphatic rings. The summed E-state index contributed by atoms with van der Waals surface area (Å²) in [7, 11) is 0. The molecule has 138 valence electrons. The number of benzene rings is 2. The number of amides is 1. The molecule has 5 nitrogen and oxygen atoms in total. The van der Waals surface area contributed by atoms with Gasteiger partial charge in [-0.05, 0) is 55.8 Å². The largest absolute Gasteiger partial charge is 0.323 e. The van der Waals surface area contributed by atoms with E-state index >= 15 is 0 Å². The van der Waals surface area contributed by atoms with E-state index in [9.17, 15) is 14.0 Å². The lowest BCUT2D eigenvalue weighted by atomic mass is 10.2. The first-order chi connectivity index (χ1) is 12.8. The standard InChI is InChI=1S/C20H17ClFN3O2/c1-12-3-8-17(16(21)9-12)24-18(26)11-25-19(27)10-13(2)23-20(25)14-4-6-15(22)7-5-14/h3-10H,11H2,1-2H3,(H,24,26). The first-order valence-electron chi connectivity index (χ1n) is 8.24. The smallest absolute Gasteiger partial charge is 0.254 e. The molecule has 0 spiro atoms. The van der Waals surface area contributed by atoms with Crippen molar-refractivity contribution in [3.8, 4) is 11.4 Å². The van der Waals surface area contributed by atoms with Crippen molar-refractivity contribution in [3.05, 3.63) is 81.0 Å². The van der Waals surface area contributed by atoms with E-state index in [-0.39, 0.29) is 12.1 Å². The zero-order chi connectivity index (χ0) is 19.6. The van der Waals surface area contributed by atoms with E-state index in [2.05, 4.69) is 10.3 Å². The van der Waals surface area contributed by atoms with Gasteiger partial charge in [-0.25, -0.2) is 9.37 Å². The van der Waals surface area contributed by atoms with Crippen LogP contribution < -0.4 is 10.9 Å². The van der Waals surface area contributed by atoms with E-state index in [0.29, 0.717) is 27.8 Å². The van der Waals surface area contributed by atoms with Crippen molar-refractivity contribution in [1.29, 1.82) is 0 Å². The summed E-state index contributed by atoms with van der Waals surface area (Å²) in [6, 6.07) is 12.2. The Kier molecular flexibility index (Phi) is 5.37. The van der Waals surface area contributed by atoms with Gasteiger partial charge in [0.1, 0.15) is 18.2 Å². The maximum Gasteiger partial charge on any atom is 0.254 e. The van der Waals surface area contributed by atoms with Crippen molar-refractivity contribution in [3.63, 3.8) is 0 Å². The molecule has 1 heterocycles. The molecule has 0 aliphatic carbocycles. The summed E-state index contributed by atoms with van der Waals surface area (Å²) in [6.07, 6.45) is 0. The quantitative estimate of drug-likeness (QED) is 0.739. The van der Waals surface area contributed by atoms with Crippen molar-refractivity contribution >= 4 is 23.2 Å². The van der Waals surface area contributed by atoms with Gasteiger partial charge in [-0.1, -0.05) is 17.7 Å². The number of halogens is 2. The molecule has 7 heteroatoms. The van der Waals surface area contributed by atoms with Gasteiger partial charge < -0.3 is 5.32 Å². The fourth-order valence-corrected chi connectivity index (χ4v) is 2.93. The first kappa shape index (κ1) is 18.8. The highest BCUT2D eigenvalue weighted by Crippen LogP contribution is 2.23. The van der Waals surface area contributed by atoms with Crippen LogP contribution in [0.4, 0.5) is 10.1 Å². The van der Waals surface area contributed by atoms with Crippen LogP contribution in [0.15, 0.2) is 53.3 Å². The zero-order valence-electron chi connectivity index (χ0n) is 14.8. The third-order valence-electron chi connectivity index (χ3n) is 3.94. The van der Waals surface area contributed by atoms with Gasteiger partial charge in [-0.3, -0.25) is 14.2 Å². The third-order valence-corrected chi connectivity index (χ3v) is 4.25. The van der Waals surface area contributed by atoms with E-state index in [1.165, 1.54) is 34.9 Å². The molecule has 0 radical (unpaired) electrons. The summed E-state index contributed by atoms with van der Waals surface area (Å²) < 4.78 is 14.5. The number of anilines is 1. The van der Waals surface area contributed by atoms with E-state index < -0.39 is 11.7 Å². The summed E-state index contributed by atoms with van der Waals surface area (Å²) in [5.41, 5.74) is 2.11. The van der Waals surface area contributed by atoms with Crippen LogP contribution in [0.2, 0.25) is 5.02 Å². The third kappa shape index (κ3) is 4.41. The molecular weight excluding hydrogens is 369 g/mol. The predicted octanol–water partition coefficient (Wildman–Crippen LogP) is 3.96. The Bertz CT molecular complexity index is 1060. The van der Waals surface area contributed by atoms with Gasteiger partial charge in [0, 0.05) is 17.3 Å². The summed E-state index contributed by atoms with van der Waals surface area (Å²) in [4.78, 5) is 29.3. The van der Waals surface area contributed by atoms with Crippen molar-refractivity contribution in [2.75, 3.05) is 5.32 Å². The Hall–Kier alpha value is -2.99. The Morgan fingerprint density at radius 2 is 1.85 bits per heavy atom. The first-order valence-corrected chi connectivity index (χ1v) is 8.62. The molecule has 3 rings (SSSR count). The van der Waals surface area contributed by atoms with E-state index in [0.717, 1.165) is 5.56 Å². The number of carbonyl (C=O) groups is 1. The normalized spacial score (nSPS) is 10.7. The molecule has 0 aliphatic heterocycles. The number of aromatic nitrogens is 2. The second-order valence-electron chi connectivity index (χ2n) is 6.18. The fourth-order valence-electron chi connectivity index (χ4n) is 2.65. The predicted molar refractivity (Wildman–Crippen MR) is 103 cm³/mol. The molecule has 0 atom stereocenters. The van der Waals surface area contributed by atoms with E-state index in [1.54, 1.807) is 19.1 Å². The Balaban J connectivity index is 1.93. The SMILES string of the molecule is Cc1ccc(NC(=O)Cn2c(-c3ccc(F)cc3)nc(C)cc2=O)c(Cl)c1.